The molecule has 126 valence electrons. The Morgan fingerprint density at radius 3 is 2.45 bits per heavy atom. The molecule has 0 saturated carbocycles. The van der Waals surface area contributed by atoms with Gasteiger partial charge in [-0.25, -0.2) is 0 Å². The standard InChI is InChI=1S/C13H26N6O3/c1-5-6-7-22-10-19(9-21-4)13-16-11(14-8-20)15-12(17-13)18(2)3/h20H,5-10H2,1-4H3,(H,14,15,16,17). The van der Waals surface area contributed by atoms with E-state index in [1.807, 2.05) is 14.1 Å². The molecule has 0 aliphatic rings. The summed E-state index contributed by atoms with van der Waals surface area (Å²) in [7, 11) is 5.26. The number of aliphatic hydroxyl groups is 1. The van der Waals surface area contributed by atoms with Gasteiger partial charge in [-0.2, -0.15) is 15.0 Å². The zero-order valence-corrected chi connectivity index (χ0v) is 13.7. The number of aliphatic hydroxyl groups excluding tert-OH is 1. The molecule has 0 radical (unpaired) electrons. The van der Waals surface area contributed by atoms with Crippen LogP contribution < -0.4 is 15.1 Å². The van der Waals surface area contributed by atoms with Crippen LogP contribution in [0.15, 0.2) is 0 Å². The summed E-state index contributed by atoms with van der Waals surface area (Å²) in [6.45, 7) is 3.14. The molecule has 0 bridgehead atoms. The first-order valence-electron chi connectivity index (χ1n) is 7.22. The third-order valence-electron chi connectivity index (χ3n) is 2.71. The summed E-state index contributed by atoms with van der Waals surface area (Å²) in [4.78, 5) is 16.4. The minimum absolute atomic E-state index is 0.256. The summed E-state index contributed by atoms with van der Waals surface area (Å²) in [6.07, 6.45) is 2.07. The average molecular weight is 314 g/mol. The molecular weight excluding hydrogens is 288 g/mol. The molecule has 9 nitrogen and oxygen atoms in total. The van der Waals surface area contributed by atoms with Gasteiger partial charge in [0.25, 0.3) is 0 Å². The van der Waals surface area contributed by atoms with E-state index in [1.54, 1.807) is 16.9 Å². The van der Waals surface area contributed by atoms with E-state index in [0.717, 1.165) is 12.8 Å². The van der Waals surface area contributed by atoms with Crippen molar-refractivity contribution < 1.29 is 14.6 Å². The fraction of sp³-hybridized carbons (Fsp3) is 0.769. The number of methoxy groups -OCH3 is 1. The van der Waals surface area contributed by atoms with E-state index in [1.165, 1.54) is 0 Å². The van der Waals surface area contributed by atoms with Gasteiger partial charge in [0.05, 0.1) is 0 Å². The van der Waals surface area contributed by atoms with Crippen molar-refractivity contribution in [3.8, 4) is 0 Å². The predicted octanol–water partition coefficient (Wildman–Crippen LogP) is 0.484. The maximum absolute atomic E-state index is 8.99. The molecule has 0 unspecified atom stereocenters. The number of rotatable bonds is 11. The number of anilines is 3. The zero-order chi connectivity index (χ0) is 16.4. The quantitative estimate of drug-likeness (QED) is 0.446. The first kappa shape index (κ1) is 18.3. The fourth-order valence-corrected chi connectivity index (χ4v) is 1.57. The van der Waals surface area contributed by atoms with Crippen LogP contribution in [0.2, 0.25) is 0 Å². The molecule has 1 rings (SSSR count). The average Bonchev–Trinajstić information content (AvgIpc) is 2.50. The molecule has 0 fully saturated rings. The second-order valence-corrected chi connectivity index (χ2v) is 4.84. The predicted molar refractivity (Wildman–Crippen MR) is 84.9 cm³/mol. The van der Waals surface area contributed by atoms with Gasteiger partial charge < -0.3 is 24.8 Å². The number of aromatic nitrogens is 3. The van der Waals surface area contributed by atoms with Gasteiger partial charge in [0.2, 0.25) is 17.8 Å². The molecule has 0 aromatic carbocycles. The van der Waals surface area contributed by atoms with Crippen molar-refractivity contribution in [3.63, 3.8) is 0 Å². The Hall–Kier alpha value is -1.71. The minimum atomic E-state index is -0.256. The third kappa shape index (κ3) is 5.96. The molecular formula is C13H26N6O3. The smallest absolute Gasteiger partial charge is 0.235 e. The Kier molecular flexibility index (Phi) is 8.41. The molecule has 0 spiro atoms. The summed E-state index contributed by atoms with van der Waals surface area (Å²) < 4.78 is 10.8. The van der Waals surface area contributed by atoms with Crippen molar-refractivity contribution in [3.05, 3.63) is 0 Å². The lowest BCUT2D eigenvalue weighted by Gasteiger charge is -2.23. The number of hydrogen-bond acceptors (Lipinski definition) is 9. The van der Waals surface area contributed by atoms with E-state index in [0.29, 0.717) is 37.9 Å². The van der Waals surface area contributed by atoms with Crippen LogP contribution in [-0.4, -0.2) is 68.1 Å². The van der Waals surface area contributed by atoms with Crippen LogP contribution in [0.3, 0.4) is 0 Å². The Balaban J connectivity index is 2.90. The van der Waals surface area contributed by atoms with Crippen LogP contribution in [0.5, 0.6) is 0 Å². The SMILES string of the molecule is CCCCOCN(COC)c1nc(NCO)nc(N(C)C)n1. The van der Waals surface area contributed by atoms with Crippen LogP contribution in [0.1, 0.15) is 19.8 Å². The van der Waals surface area contributed by atoms with E-state index in [4.69, 9.17) is 14.6 Å². The summed E-state index contributed by atoms with van der Waals surface area (Å²) in [5.74, 6) is 1.20. The molecule has 9 heteroatoms. The van der Waals surface area contributed by atoms with E-state index >= 15 is 0 Å². The molecule has 0 amide bonds. The largest absolute Gasteiger partial charge is 0.376 e. The highest BCUT2D eigenvalue weighted by Gasteiger charge is 2.14. The molecule has 1 aromatic rings. The maximum Gasteiger partial charge on any atom is 0.235 e. The Bertz CT molecular complexity index is 432. The monoisotopic (exact) mass is 314 g/mol. The Morgan fingerprint density at radius 1 is 1.14 bits per heavy atom. The van der Waals surface area contributed by atoms with Gasteiger partial charge in [0, 0.05) is 27.8 Å². The summed E-state index contributed by atoms with van der Waals surface area (Å²) in [5.41, 5.74) is 0. The third-order valence-corrected chi connectivity index (χ3v) is 2.71. The van der Waals surface area contributed by atoms with Gasteiger partial charge in [-0.15, -0.1) is 0 Å². The molecule has 22 heavy (non-hydrogen) atoms. The van der Waals surface area contributed by atoms with Gasteiger partial charge in [-0.3, -0.25) is 4.90 Å². The number of nitrogens with one attached hydrogen (secondary N) is 1. The van der Waals surface area contributed by atoms with Crippen molar-refractivity contribution in [2.45, 2.75) is 19.8 Å². The lowest BCUT2D eigenvalue weighted by molar-refractivity contribution is 0.102. The van der Waals surface area contributed by atoms with E-state index in [9.17, 15) is 0 Å². The summed E-state index contributed by atoms with van der Waals surface area (Å²) >= 11 is 0. The van der Waals surface area contributed by atoms with Crippen LogP contribution in [0, 0.1) is 0 Å². The van der Waals surface area contributed by atoms with Gasteiger partial charge in [0.1, 0.15) is 20.2 Å². The second kappa shape index (κ2) is 10.1. The van der Waals surface area contributed by atoms with Gasteiger partial charge >= 0.3 is 0 Å². The van der Waals surface area contributed by atoms with Crippen LogP contribution >= 0.6 is 0 Å². The van der Waals surface area contributed by atoms with Crippen molar-refractivity contribution in [2.75, 3.05) is 63.1 Å². The topological polar surface area (TPSA) is 95.9 Å². The molecule has 0 aliphatic heterocycles. The highest BCUT2D eigenvalue weighted by molar-refractivity contribution is 5.43. The first-order chi connectivity index (χ1) is 10.6. The molecule has 1 aromatic heterocycles. The van der Waals surface area contributed by atoms with Crippen LogP contribution in [-0.2, 0) is 9.47 Å². The van der Waals surface area contributed by atoms with Crippen molar-refractivity contribution >= 4 is 17.8 Å². The number of unbranched alkanes of at least 4 members (excludes halogenated alkanes) is 1. The summed E-state index contributed by atoms with van der Waals surface area (Å²) in [5, 5.41) is 11.7. The first-order valence-corrected chi connectivity index (χ1v) is 7.22. The van der Waals surface area contributed by atoms with E-state index in [2.05, 4.69) is 27.2 Å². The van der Waals surface area contributed by atoms with Gasteiger partial charge in [-0.05, 0) is 6.42 Å². The van der Waals surface area contributed by atoms with Crippen molar-refractivity contribution in [2.24, 2.45) is 0 Å². The highest BCUT2D eigenvalue weighted by atomic mass is 16.5. The second-order valence-electron chi connectivity index (χ2n) is 4.84. The Labute approximate surface area is 131 Å². The normalized spacial score (nSPS) is 10.6. The van der Waals surface area contributed by atoms with E-state index in [-0.39, 0.29) is 6.73 Å². The zero-order valence-electron chi connectivity index (χ0n) is 13.7. The van der Waals surface area contributed by atoms with Crippen LogP contribution in [0.4, 0.5) is 17.8 Å². The Morgan fingerprint density at radius 2 is 1.86 bits per heavy atom. The number of ether oxygens (including phenoxy) is 2. The fourth-order valence-electron chi connectivity index (χ4n) is 1.57. The minimum Gasteiger partial charge on any atom is -0.376 e. The van der Waals surface area contributed by atoms with Gasteiger partial charge in [0.15, 0.2) is 0 Å². The van der Waals surface area contributed by atoms with Crippen molar-refractivity contribution in [1.82, 2.24) is 15.0 Å². The number of hydrogen-bond donors (Lipinski definition) is 2. The van der Waals surface area contributed by atoms with Crippen molar-refractivity contribution in [1.29, 1.82) is 0 Å². The highest BCUT2D eigenvalue weighted by Crippen LogP contribution is 2.15. The molecule has 2 N–H and O–H groups in total. The summed E-state index contributed by atoms with van der Waals surface area (Å²) in [6, 6.07) is 0. The molecule has 0 saturated heterocycles. The van der Waals surface area contributed by atoms with E-state index < -0.39 is 0 Å². The lowest BCUT2D eigenvalue weighted by atomic mass is 10.4. The lowest BCUT2D eigenvalue weighted by Crippen LogP contribution is -2.31. The molecule has 0 atom stereocenters. The maximum atomic E-state index is 8.99. The molecule has 1 heterocycles. The van der Waals surface area contributed by atoms with Gasteiger partial charge in [-0.1, -0.05) is 13.3 Å². The van der Waals surface area contributed by atoms with Crippen LogP contribution in [0.25, 0.3) is 0 Å². The molecule has 0 aliphatic carbocycles. The number of nitrogens with zero attached hydrogens (tertiary/aromatic N) is 5.